The van der Waals surface area contributed by atoms with Gasteiger partial charge in [-0.15, -0.1) is 11.8 Å². The lowest BCUT2D eigenvalue weighted by Crippen LogP contribution is -2.20. The zero-order chi connectivity index (χ0) is 21.1. The van der Waals surface area contributed by atoms with Gasteiger partial charge < -0.3 is 9.72 Å². The molecule has 0 aliphatic rings. The van der Waals surface area contributed by atoms with Crippen LogP contribution in [0.4, 0.5) is 0 Å². The molecule has 0 aliphatic carbocycles. The molecule has 0 aliphatic heterocycles. The van der Waals surface area contributed by atoms with E-state index in [1.807, 2.05) is 42.7 Å². The lowest BCUT2D eigenvalue weighted by atomic mass is 9.99. The Morgan fingerprint density at radius 1 is 0.967 bits per heavy atom. The van der Waals surface area contributed by atoms with Crippen LogP contribution >= 0.6 is 23.4 Å². The van der Waals surface area contributed by atoms with Crippen molar-refractivity contribution in [2.45, 2.75) is 11.0 Å². The first kappa shape index (κ1) is 20.3. The number of nitrogens with one attached hydrogen (secondary N) is 1. The quantitative estimate of drug-likeness (QED) is 0.218. The molecular weight excluding hydrogens is 418 g/mol. The van der Waals surface area contributed by atoms with E-state index in [0.717, 1.165) is 15.8 Å². The first-order valence-electron chi connectivity index (χ1n) is 9.28. The molecule has 0 saturated carbocycles. The Kier molecular flexibility index (Phi) is 5.93. The second-order valence-electron chi connectivity index (χ2n) is 6.65. The molecule has 4 rings (SSSR count). The van der Waals surface area contributed by atoms with Gasteiger partial charge in [0.15, 0.2) is 6.10 Å². The molecule has 0 spiro atoms. The zero-order valence-corrected chi connectivity index (χ0v) is 17.7. The molecule has 0 saturated heterocycles. The summed E-state index contributed by atoms with van der Waals surface area (Å²) in [4.78, 5) is 30.4. The number of halogens is 1. The summed E-state index contributed by atoms with van der Waals surface area (Å²) in [6, 6.07) is 21.7. The van der Waals surface area contributed by atoms with Crippen molar-refractivity contribution in [3.8, 4) is 0 Å². The molecule has 1 aromatic heterocycles. The third kappa shape index (κ3) is 3.99. The molecule has 3 aromatic carbocycles. The lowest BCUT2D eigenvalue weighted by molar-refractivity contribution is 0.0280. The zero-order valence-electron chi connectivity index (χ0n) is 16.1. The Bertz CT molecular complexity index is 1220. The molecule has 0 amide bonds. The number of carbonyl (C=O) groups excluding carboxylic acids is 2. The number of carbonyl (C=O) groups is 2. The number of ketones is 1. The van der Waals surface area contributed by atoms with Gasteiger partial charge in [-0.05, 0) is 30.5 Å². The number of hydrogen-bond donors (Lipinski definition) is 1. The number of aromatic amines is 1. The maximum atomic E-state index is 13.5. The Labute approximate surface area is 183 Å². The molecule has 0 bridgehead atoms. The Hall–Kier alpha value is -3.02. The maximum absolute atomic E-state index is 13.5. The first-order valence-corrected chi connectivity index (χ1v) is 10.9. The van der Waals surface area contributed by atoms with Crippen LogP contribution in [-0.2, 0) is 4.74 Å². The summed E-state index contributed by atoms with van der Waals surface area (Å²) in [6.07, 6.45) is 2.47. The highest BCUT2D eigenvalue weighted by molar-refractivity contribution is 7.98. The second-order valence-corrected chi connectivity index (χ2v) is 7.94. The molecule has 1 atom stereocenters. The van der Waals surface area contributed by atoms with Gasteiger partial charge in [0.1, 0.15) is 0 Å². The smallest absolute Gasteiger partial charge is 0.340 e. The van der Waals surface area contributed by atoms with Crippen LogP contribution in [0.15, 0.2) is 83.9 Å². The number of hydrogen-bond acceptors (Lipinski definition) is 4. The molecule has 6 heteroatoms. The molecule has 1 heterocycles. The number of aromatic nitrogens is 1. The lowest BCUT2D eigenvalue weighted by Gasteiger charge is -2.18. The van der Waals surface area contributed by atoms with Gasteiger partial charge in [-0.2, -0.15) is 0 Å². The van der Waals surface area contributed by atoms with E-state index in [0.29, 0.717) is 11.1 Å². The van der Waals surface area contributed by atoms with Gasteiger partial charge in [-0.25, -0.2) is 4.79 Å². The van der Waals surface area contributed by atoms with Gasteiger partial charge in [0.25, 0.3) is 0 Å². The van der Waals surface area contributed by atoms with Crippen molar-refractivity contribution in [3.63, 3.8) is 0 Å². The highest BCUT2D eigenvalue weighted by Crippen LogP contribution is 2.30. The molecule has 1 unspecified atom stereocenters. The van der Waals surface area contributed by atoms with Crippen LogP contribution in [0.2, 0.25) is 5.02 Å². The minimum absolute atomic E-state index is 0.233. The number of para-hydroxylation sites is 1. The summed E-state index contributed by atoms with van der Waals surface area (Å²) in [6.45, 7) is 0. The van der Waals surface area contributed by atoms with Gasteiger partial charge in [0.2, 0.25) is 5.78 Å². The second kappa shape index (κ2) is 8.78. The summed E-state index contributed by atoms with van der Waals surface area (Å²) in [5.41, 5.74) is 2.14. The fourth-order valence-electron chi connectivity index (χ4n) is 3.28. The fourth-order valence-corrected chi connectivity index (χ4v) is 3.91. The average molecular weight is 436 g/mol. The molecular formula is C24H18ClNO3S. The van der Waals surface area contributed by atoms with Crippen molar-refractivity contribution in [2.75, 3.05) is 6.26 Å². The summed E-state index contributed by atoms with van der Waals surface area (Å²) >= 11 is 7.73. The molecule has 30 heavy (non-hydrogen) atoms. The number of benzene rings is 3. The van der Waals surface area contributed by atoms with Crippen molar-refractivity contribution in [3.05, 3.63) is 101 Å². The number of Topliss-reactive ketones (excluding diaryl/α,β-unsaturated/α-hetero) is 1. The summed E-state index contributed by atoms with van der Waals surface area (Å²) < 4.78 is 5.74. The van der Waals surface area contributed by atoms with E-state index in [-0.39, 0.29) is 16.4 Å². The summed E-state index contributed by atoms with van der Waals surface area (Å²) in [5.74, 6) is -0.943. The van der Waals surface area contributed by atoms with E-state index < -0.39 is 12.1 Å². The first-order chi connectivity index (χ1) is 14.6. The van der Waals surface area contributed by atoms with Gasteiger partial charge >= 0.3 is 5.97 Å². The van der Waals surface area contributed by atoms with Crippen molar-refractivity contribution in [1.29, 1.82) is 0 Å². The normalized spacial score (nSPS) is 11.9. The largest absolute Gasteiger partial charge is 0.445 e. The molecule has 0 radical (unpaired) electrons. The number of fused-ring (bicyclic) bond motifs is 1. The Morgan fingerprint density at radius 2 is 1.70 bits per heavy atom. The van der Waals surface area contributed by atoms with Crippen molar-refractivity contribution < 1.29 is 14.3 Å². The van der Waals surface area contributed by atoms with Crippen LogP contribution in [0, 0.1) is 0 Å². The predicted octanol–water partition coefficient (Wildman–Crippen LogP) is 6.32. The summed E-state index contributed by atoms with van der Waals surface area (Å²) in [5, 5.41) is 1.06. The van der Waals surface area contributed by atoms with Crippen LogP contribution in [0.3, 0.4) is 0 Å². The molecule has 0 fully saturated rings. The number of H-pyrrole nitrogens is 1. The molecule has 1 N–H and O–H groups in total. The average Bonchev–Trinajstić information content (AvgIpc) is 3.22. The topological polar surface area (TPSA) is 59.2 Å². The Morgan fingerprint density at radius 3 is 2.47 bits per heavy atom. The van der Waals surface area contributed by atoms with E-state index in [4.69, 9.17) is 16.3 Å². The van der Waals surface area contributed by atoms with E-state index in [2.05, 4.69) is 4.98 Å². The predicted molar refractivity (Wildman–Crippen MR) is 120 cm³/mol. The maximum Gasteiger partial charge on any atom is 0.340 e. The SMILES string of the molecule is CSc1ccc(Cl)c(C(=O)OC(C(=O)c2c[nH]c3ccccc23)c2ccccc2)c1. The molecule has 4 aromatic rings. The standard InChI is InChI=1S/C24H18ClNO3S/c1-30-16-11-12-20(25)18(13-16)24(28)29-23(15-7-3-2-4-8-15)22(27)19-14-26-21-10-6-5-9-17(19)21/h2-14,23,26H,1H3. The van der Waals surface area contributed by atoms with Crippen molar-refractivity contribution >= 4 is 46.0 Å². The third-order valence-electron chi connectivity index (χ3n) is 4.81. The van der Waals surface area contributed by atoms with Gasteiger partial charge in [-0.1, -0.05) is 60.1 Å². The highest BCUT2D eigenvalue weighted by atomic mass is 35.5. The minimum atomic E-state index is -1.09. The number of thioether (sulfide) groups is 1. The third-order valence-corrected chi connectivity index (χ3v) is 5.87. The van der Waals surface area contributed by atoms with Gasteiger partial charge in [0, 0.05) is 33.1 Å². The van der Waals surface area contributed by atoms with E-state index in [9.17, 15) is 9.59 Å². The fraction of sp³-hybridized carbons (Fsp3) is 0.0833. The Balaban J connectivity index is 1.72. The van der Waals surface area contributed by atoms with E-state index in [1.54, 1.807) is 42.6 Å². The van der Waals surface area contributed by atoms with Crippen LogP contribution in [0.1, 0.15) is 32.4 Å². The van der Waals surface area contributed by atoms with Gasteiger partial charge in [-0.3, -0.25) is 4.79 Å². The minimum Gasteiger partial charge on any atom is -0.445 e. The highest BCUT2D eigenvalue weighted by Gasteiger charge is 2.29. The number of rotatable bonds is 6. The molecule has 4 nitrogen and oxygen atoms in total. The monoisotopic (exact) mass is 435 g/mol. The number of esters is 1. The van der Waals surface area contributed by atoms with Crippen LogP contribution in [0.25, 0.3) is 10.9 Å². The van der Waals surface area contributed by atoms with Crippen molar-refractivity contribution in [2.24, 2.45) is 0 Å². The van der Waals surface area contributed by atoms with E-state index in [1.165, 1.54) is 11.8 Å². The van der Waals surface area contributed by atoms with Crippen LogP contribution < -0.4 is 0 Å². The van der Waals surface area contributed by atoms with Crippen molar-refractivity contribution in [1.82, 2.24) is 4.98 Å². The molecule has 150 valence electrons. The number of ether oxygens (including phenoxy) is 1. The summed E-state index contributed by atoms with van der Waals surface area (Å²) in [7, 11) is 0. The van der Waals surface area contributed by atoms with Crippen LogP contribution in [0.5, 0.6) is 0 Å². The van der Waals surface area contributed by atoms with E-state index >= 15 is 0 Å². The van der Waals surface area contributed by atoms with Gasteiger partial charge in [0.05, 0.1) is 10.6 Å². The van der Waals surface area contributed by atoms with Crippen LogP contribution in [-0.4, -0.2) is 23.0 Å².